The fourth-order valence-corrected chi connectivity index (χ4v) is 1.14. The van der Waals surface area contributed by atoms with Crippen LogP contribution in [0.3, 0.4) is 0 Å². The first-order valence-electron chi connectivity index (χ1n) is 5.21. The van der Waals surface area contributed by atoms with Crippen molar-refractivity contribution in [3.8, 4) is 5.75 Å². The molecule has 92 valence electrons. The third kappa shape index (κ3) is 3.79. The summed E-state index contributed by atoms with van der Waals surface area (Å²) in [7, 11) is 0. The Kier molecular flexibility index (Phi) is 4.51. The predicted molar refractivity (Wildman–Crippen MR) is 60.1 cm³/mol. The van der Waals surface area contributed by atoms with E-state index < -0.39 is 18.0 Å². The molecule has 0 aliphatic carbocycles. The number of aliphatic carboxylic acids is 1. The Morgan fingerprint density at radius 2 is 1.88 bits per heavy atom. The first-order chi connectivity index (χ1) is 8.04. The van der Waals surface area contributed by atoms with Crippen molar-refractivity contribution in [1.29, 1.82) is 0 Å². The Balaban J connectivity index is 2.68. The second-order valence-electron chi connectivity index (χ2n) is 3.34. The van der Waals surface area contributed by atoms with Crippen molar-refractivity contribution in [1.82, 2.24) is 0 Å². The van der Waals surface area contributed by atoms with E-state index >= 15 is 0 Å². The van der Waals surface area contributed by atoms with E-state index in [1.165, 1.54) is 31.2 Å². The summed E-state index contributed by atoms with van der Waals surface area (Å²) < 4.78 is 9.93. The average molecular weight is 238 g/mol. The van der Waals surface area contributed by atoms with Crippen LogP contribution in [0.4, 0.5) is 0 Å². The maximum atomic E-state index is 11.3. The SMILES string of the molecule is CCOC(=O)c1ccc(OC(C)C(=O)O)cc1. The molecule has 0 aromatic heterocycles. The van der Waals surface area contributed by atoms with Crippen LogP contribution in [0, 0.1) is 0 Å². The molecule has 1 unspecified atom stereocenters. The molecule has 0 heterocycles. The molecule has 1 rings (SSSR count). The number of hydrogen-bond donors (Lipinski definition) is 1. The summed E-state index contributed by atoms with van der Waals surface area (Å²) in [5.74, 6) is -1.06. The molecule has 0 saturated carbocycles. The summed E-state index contributed by atoms with van der Waals surface area (Å²) in [5, 5.41) is 8.66. The van der Waals surface area contributed by atoms with Crippen LogP contribution in [0.1, 0.15) is 24.2 Å². The van der Waals surface area contributed by atoms with Crippen LogP contribution in [0.5, 0.6) is 5.75 Å². The molecule has 1 aromatic carbocycles. The molecule has 1 atom stereocenters. The van der Waals surface area contributed by atoms with Gasteiger partial charge >= 0.3 is 11.9 Å². The van der Waals surface area contributed by atoms with Gasteiger partial charge in [-0.25, -0.2) is 9.59 Å². The molecule has 17 heavy (non-hydrogen) atoms. The molecular formula is C12H14O5. The van der Waals surface area contributed by atoms with Crippen LogP contribution >= 0.6 is 0 Å². The number of ether oxygens (including phenoxy) is 2. The van der Waals surface area contributed by atoms with Crippen molar-refractivity contribution in [2.24, 2.45) is 0 Å². The van der Waals surface area contributed by atoms with E-state index in [1.54, 1.807) is 6.92 Å². The lowest BCUT2D eigenvalue weighted by atomic mass is 10.2. The van der Waals surface area contributed by atoms with Gasteiger partial charge in [0, 0.05) is 0 Å². The highest BCUT2D eigenvalue weighted by atomic mass is 16.5. The Labute approximate surface area is 99.0 Å². The molecule has 5 nitrogen and oxygen atoms in total. The molecule has 0 fully saturated rings. The van der Waals surface area contributed by atoms with Gasteiger partial charge in [-0.15, -0.1) is 0 Å². The smallest absolute Gasteiger partial charge is 0.344 e. The van der Waals surface area contributed by atoms with Crippen molar-refractivity contribution in [3.05, 3.63) is 29.8 Å². The van der Waals surface area contributed by atoms with Crippen molar-refractivity contribution in [3.63, 3.8) is 0 Å². The number of carbonyl (C=O) groups is 2. The highest BCUT2D eigenvalue weighted by Crippen LogP contribution is 2.14. The number of carboxylic acids is 1. The summed E-state index contributed by atoms with van der Waals surface area (Å²) in [4.78, 5) is 21.9. The zero-order valence-corrected chi connectivity index (χ0v) is 9.67. The van der Waals surface area contributed by atoms with E-state index in [4.69, 9.17) is 14.6 Å². The van der Waals surface area contributed by atoms with Gasteiger partial charge in [-0.2, -0.15) is 0 Å². The Morgan fingerprint density at radius 3 is 2.35 bits per heavy atom. The number of carboxylic acid groups (broad SMARTS) is 1. The predicted octanol–water partition coefficient (Wildman–Crippen LogP) is 1.72. The Morgan fingerprint density at radius 1 is 1.29 bits per heavy atom. The highest BCUT2D eigenvalue weighted by Gasteiger charge is 2.13. The first-order valence-corrected chi connectivity index (χ1v) is 5.21. The molecule has 1 N–H and O–H groups in total. The fraction of sp³-hybridized carbons (Fsp3) is 0.333. The number of benzene rings is 1. The van der Waals surface area contributed by atoms with Gasteiger partial charge in [0.15, 0.2) is 6.10 Å². The summed E-state index contributed by atoms with van der Waals surface area (Å²) in [6, 6.07) is 6.13. The third-order valence-electron chi connectivity index (χ3n) is 2.03. The molecule has 5 heteroatoms. The minimum absolute atomic E-state index is 0.313. The number of carbonyl (C=O) groups excluding carboxylic acids is 1. The van der Waals surface area contributed by atoms with E-state index in [2.05, 4.69) is 0 Å². The molecule has 0 spiro atoms. The van der Waals surface area contributed by atoms with Crippen LogP contribution < -0.4 is 4.74 Å². The van der Waals surface area contributed by atoms with Gasteiger partial charge < -0.3 is 14.6 Å². The summed E-state index contributed by atoms with van der Waals surface area (Å²) in [6.45, 7) is 3.47. The van der Waals surface area contributed by atoms with Crippen LogP contribution in [0.25, 0.3) is 0 Å². The molecule has 0 radical (unpaired) electrons. The first kappa shape index (κ1) is 13.0. The van der Waals surface area contributed by atoms with Gasteiger partial charge in [0.2, 0.25) is 0 Å². The van der Waals surface area contributed by atoms with E-state index in [-0.39, 0.29) is 0 Å². The van der Waals surface area contributed by atoms with Gasteiger partial charge in [-0.3, -0.25) is 0 Å². The minimum atomic E-state index is -1.04. The molecule has 0 bridgehead atoms. The summed E-state index contributed by atoms with van der Waals surface area (Å²) in [5.41, 5.74) is 0.405. The van der Waals surface area contributed by atoms with E-state index in [9.17, 15) is 9.59 Å². The van der Waals surface area contributed by atoms with Crippen molar-refractivity contribution in [2.75, 3.05) is 6.61 Å². The van der Waals surface area contributed by atoms with Crippen LogP contribution in [0.2, 0.25) is 0 Å². The number of hydrogen-bond acceptors (Lipinski definition) is 4. The monoisotopic (exact) mass is 238 g/mol. The summed E-state index contributed by atoms with van der Waals surface area (Å²) in [6.07, 6.45) is -0.927. The molecule has 1 aromatic rings. The number of esters is 1. The lowest BCUT2D eigenvalue weighted by molar-refractivity contribution is -0.144. The lowest BCUT2D eigenvalue weighted by Gasteiger charge is -2.10. The van der Waals surface area contributed by atoms with E-state index in [1.807, 2.05) is 0 Å². The quantitative estimate of drug-likeness (QED) is 0.790. The van der Waals surface area contributed by atoms with Crippen LogP contribution in [0.15, 0.2) is 24.3 Å². The van der Waals surface area contributed by atoms with Gasteiger partial charge in [-0.05, 0) is 38.1 Å². The van der Waals surface area contributed by atoms with E-state index in [0.717, 1.165) is 0 Å². The standard InChI is InChI=1S/C12H14O5/c1-3-16-12(15)9-4-6-10(7-5-9)17-8(2)11(13)14/h4-8H,3H2,1-2H3,(H,13,14). The maximum Gasteiger partial charge on any atom is 0.344 e. The van der Waals surface area contributed by atoms with Crippen molar-refractivity contribution < 1.29 is 24.2 Å². The lowest BCUT2D eigenvalue weighted by Crippen LogP contribution is -2.22. The zero-order valence-electron chi connectivity index (χ0n) is 9.67. The normalized spacial score (nSPS) is 11.6. The van der Waals surface area contributed by atoms with Gasteiger partial charge in [0.1, 0.15) is 5.75 Å². The largest absolute Gasteiger partial charge is 0.479 e. The minimum Gasteiger partial charge on any atom is -0.479 e. The third-order valence-corrected chi connectivity index (χ3v) is 2.03. The zero-order chi connectivity index (χ0) is 12.8. The highest BCUT2D eigenvalue weighted by molar-refractivity contribution is 5.89. The van der Waals surface area contributed by atoms with Gasteiger partial charge in [0.05, 0.1) is 12.2 Å². The number of rotatable bonds is 5. The fourth-order valence-electron chi connectivity index (χ4n) is 1.14. The molecule has 0 amide bonds. The van der Waals surface area contributed by atoms with Crippen molar-refractivity contribution >= 4 is 11.9 Å². The molecule has 0 aliphatic rings. The molecule has 0 aliphatic heterocycles. The van der Waals surface area contributed by atoms with Gasteiger partial charge in [-0.1, -0.05) is 0 Å². The van der Waals surface area contributed by atoms with Crippen LogP contribution in [-0.2, 0) is 9.53 Å². The average Bonchev–Trinajstić information content (AvgIpc) is 2.30. The van der Waals surface area contributed by atoms with Gasteiger partial charge in [0.25, 0.3) is 0 Å². The van der Waals surface area contributed by atoms with E-state index in [0.29, 0.717) is 17.9 Å². The summed E-state index contributed by atoms with van der Waals surface area (Å²) >= 11 is 0. The Hall–Kier alpha value is -2.04. The molecule has 0 saturated heterocycles. The van der Waals surface area contributed by atoms with Crippen molar-refractivity contribution in [2.45, 2.75) is 20.0 Å². The second-order valence-corrected chi connectivity index (χ2v) is 3.34. The maximum absolute atomic E-state index is 11.3. The topological polar surface area (TPSA) is 72.8 Å². The Bertz CT molecular complexity index is 396. The second kappa shape index (κ2) is 5.89. The molecular weight excluding hydrogens is 224 g/mol. The van der Waals surface area contributed by atoms with Crippen LogP contribution in [-0.4, -0.2) is 29.8 Å².